The van der Waals surface area contributed by atoms with Crippen LogP contribution in [0.15, 0.2) is 24.3 Å². The summed E-state index contributed by atoms with van der Waals surface area (Å²) in [5, 5.41) is -1.43. The van der Waals surface area contributed by atoms with E-state index in [1.165, 1.54) is 19.1 Å². The molecule has 0 spiro atoms. The van der Waals surface area contributed by atoms with Crippen molar-refractivity contribution < 1.29 is 33.4 Å². The summed E-state index contributed by atoms with van der Waals surface area (Å²) in [6, 6.07) is 4.80. The maximum Gasteiger partial charge on any atom is 0.329 e. The van der Waals surface area contributed by atoms with Crippen LogP contribution in [-0.4, -0.2) is 59.3 Å². The molecular weight excluding hydrogens is 362 g/mol. The van der Waals surface area contributed by atoms with Crippen LogP contribution in [0.4, 0.5) is 0 Å². The average molecular weight is 379 g/mol. The van der Waals surface area contributed by atoms with E-state index in [0.717, 1.165) is 19.1 Å². The molecule has 1 aliphatic heterocycles. The van der Waals surface area contributed by atoms with Gasteiger partial charge in [0.1, 0.15) is 11.3 Å². The van der Waals surface area contributed by atoms with Gasteiger partial charge in [-0.05, 0) is 12.1 Å². The predicted molar refractivity (Wildman–Crippen MR) is 91.4 cm³/mol. The standard InChI is InChI=1S/C17H17NO7S/c1-9(19)26-13(17(23)25-3)8-12(16(22)24-2)18-14(20)10-6-4-5-7-11(10)15(18)21/h4-7,12-13H,8H2,1-3H3. The van der Waals surface area contributed by atoms with Crippen molar-refractivity contribution in [1.29, 1.82) is 0 Å². The molecule has 1 heterocycles. The third-order valence-corrected chi connectivity index (χ3v) is 4.82. The highest BCUT2D eigenvalue weighted by Crippen LogP contribution is 2.29. The largest absolute Gasteiger partial charge is 0.468 e. The molecule has 0 fully saturated rings. The number of rotatable bonds is 6. The van der Waals surface area contributed by atoms with E-state index in [0.29, 0.717) is 11.8 Å². The van der Waals surface area contributed by atoms with Gasteiger partial charge >= 0.3 is 11.9 Å². The van der Waals surface area contributed by atoms with Gasteiger partial charge in [-0.25, -0.2) is 4.79 Å². The highest BCUT2D eigenvalue weighted by Gasteiger charge is 2.45. The number of carbonyl (C=O) groups is 5. The second-order valence-corrected chi connectivity index (χ2v) is 6.80. The number of ether oxygens (including phenoxy) is 2. The number of esters is 2. The number of fused-ring (bicyclic) bond motifs is 1. The van der Waals surface area contributed by atoms with Crippen LogP contribution in [0.2, 0.25) is 0 Å². The van der Waals surface area contributed by atoms with E-state index in [1.54, 1.807) is 12.1 Å². The molecule has 1 aliphatic rings. The molecule has 2 rings (SSSR count). The first-order valence-electron chi connectivity index (χ1n) is 7.61. The quantitative estimate of drug-likeness (QED) is 0.533. The molecule has 0 bridgehead atoms. The fourth-order valence-corrected chi connectivity index (χ4v) is 3.53. The van der Waals surface area contributed by atoms with Crippen molar-refractivity contribution in [2.45, 2.75) is 24.6 Å². The van der Waals surface area contributed by atoms with E-state index in [1.807, 2.05) is 0 Å². The van der Waals surface area contributed by atoms with Crippen molar-refractivity contribution in [2.24, 2.45) is 0 Å². The number of thioether (sulfide) groups is 1. The lowest BCUT2D eigenvalue weighted by molar-refractivity contribution is -0.146. The second-order valence-electron chi connectivity index (χ2n) is 5.42. The summed E-state index contributed by atoms with van der Waals surface area (Å²) in [6.45, 7) is 1.26. The number of imide groups is 1. The summed E-state index contributed by atoms with van der Waals surface area (Å²) in [5.74, 6) is -2.91. The molecule has 1 aromatic rings. The normalized spacial score (nSPS) is 15.3. The van der Waals surface area contributed by atoms with Crippen molar-refractivity contribution >= 4 is 40.6 Å². The third kappa shape index (κ3) is 3.77. The van der Waals surface area contributed by atoms with Crippen molar-refractivity contribution in [2.75, 3.05) is 14.2 Å². The number of carbonyl (C=O) groups excluding carboxylic acids is 5. The maximum absolute atomic E-state index is 12.6. The fourth-order valence-electron chi connectivity index (χ4n) is 2.66. The molecule has 2 amide bonds. The highest BCUT2D eigenvalue weighted by atomic mass is 32.2. The first kappa shape index (κ1) is 19.6. The van der Waals surface area contributed by atoms with Crippen LogP contribution in [0.3, 0.4) is 0 Å². The maximum atomic E-state index is 12.6. The van der Waals surface area contributed by atoms with Crippen molar-refractivity contribution in [3.8, 4) is 0 Å². The molecule has 0 radical (unpaired) electrons. The Labute approximate surface area is 153 Å². The predicted octanol–water partition coefficient (Wildman–Crippen LogP) is 1.04. The minimum atomic E-state index is -1.36. The summed E-state index contributed by atoms with van der Waals surface area (Å²) in [5.41, 5.74) is 0.334. The van der Waals surface area contributed by atoms with Crippen LogP contribution in [0.5, 0.6) is 0 Å². The molecule has 8 nitrogen and oxygen atoms in total. The topological polar surface area (TPSA) is 107 Å². The van der Waals surface area contributed by atoms with Crippen LogP contribution < -0.4 is 0 Å². The van der Waals surface area contributed by atoms with Gasteiger partial charge in [-0.2, -0.15) is 0 Å². The van der Waals surface area contributed by atoms with Crippen molar-refractivity contribution in [3.63, 3.8) is 0 Å². The number of hydrogen-bond acceptors (Lipinski definition) is 8. The van der Waals surface area contributed by atoms with E-state index < -0.39 is 35.0 Å². The van der Waals surface area contributed by atoms with Gasteiger partial charge in [0.2, 0.25) is 0 Å². The number of nitrogens with zero attached hydrogens (tertiary/aromatic N) is 1. The fraction of sp³-hybridized carbons (Fsp3) is 0.353. The zero-order valence-corrected chi connectivity index (χ0v) is 15.2. The first-order valence-corrected chi connectivity index (χ1v) is 8.49. The Morgan fingerprint density at radius 1 is 1.00 bits per heavy atom. The van der Waals surface area contributed by atoms with E-state index in [9.17, 15) is 24.0 Å². The lowest BCUT2D eigenvalue weighted by atomic mass is 10.1. The number of methoxy groups -OCH3 is 2. The molecule has 26 heavy (non-hydrogen) atoms. The molecule has 0 saturated carbocycles. The van der Waals surface area contributed by atoms with Gasteiger partial charge in [0.25, 0.3) is 11.8 Å². The van der Waals surface area contributed by atoms with Crippen molar-refractivity contribution in [3.05, 3.63) is 35.4 Å². The molecule has 1 aromatic carbocycles. The Hall–Kier alpha value is -2.68. The lowest BCUT2D eigenvalue weighted by Crippen LogP contribution is -2.47. The Balaban J connectivity index is 2.38. The lowest BCUT2D eigenvalue weighted by Gasteiger charge is -2.26. The van der Waals surface area contributed by atoms with Crippen LogP contribution >= 0.6 is 11.8 Å². The number of amides is 2. The van der Waals surface area contributed by atoms with Gasteiger partial charge in [0.05, 0.1) is 25.3 Å². The molecule has 138 valence electrons. The van der Waals surface area contributed by atoms with Crippen molar-refractivity contribution in [1.82, 2.24) is 4.90 Å². The Morgan fingerprint density at radius 3 is 1.92 bits per heavy atom. The van der Waals surface area contributed by atoms with Crippen LogP contribution in [-0.2, 0) is 23.9 Å². The smallest absolute Gasteiger partial charge is 0.329 e. The van der Waals surface area contributed by atoms with Crippen LogP contribution in [0, 0.1) is 0 Å². The summed E-state index contributed by atoms with van der Waals surface area (Å²) in [4.78, 5) is 61.6. The van der Waals surface area contributed by atoms with E-state index in [-0.39, 0.29) is 22.7 Å². The zero-order valence-electron chi connectivity index (χ0n) is 14.4. The molecule has 2 unspecified atom stereocenters. The first-order chi connectivity index (χ1) is 12.3. The minimum Gasteiger partial charge on any atom is -0.468 e. The summed E-state index contributed by atoms with van der Waals surface area (Å²) in [6.07, 6.45) is -0.297. The molecular formula is C17H17NO7S. The molecule has 0 aromatic heterocycles. The minimum absolute atomic E-state index is 0.167. The zero-order chi connectivity index (χ0) is 19.4. The Kier molecular flexibility index (Phi) is 6.14. The monoisotopic (exact) mass is 379 g/mol. The van der Waals surface area contributed by atoms with Gasteiger partial charge in [0, 0.05) is 13.3 Å². The highest BCUT2D eigenvalue weighted by molar-refractivity contribution is 8.14. The summed E-state index contributed by atoms with van der Waals surface area (Å²) in [7, 11) is 2.25. The summed E-state index contributed by atoms with van der Waals surface area (Å²) >= 11 is 0.663. The van der Waals surface area contributed by atoms with Gasteiger partial charge in [0.15, 0.2) is 5.12 Å². The molecule has 0 aliphatic carbocycles. The van der Waals surface area contributed by atoms with Gasteiger partial charge < -0.3 is 9.47 Å². The third-order valence-electron chi connectivity index (χ3n) is 3.82. The van der Waals surface area contributed by atoms with E-state index >= 15 is 0 Å². The van der Waals surface area contributed by atoms with E-state index in [4.69, 9.17) is 4.74 Å². The SMILES string of the molecule is COC(=O)C(CC(C(=O)OC)N1C(=O)c2ccccc2C1=O)SC(C)=O. The molecule has 0 N–H and O–H groups in total. The van der Waals surface area contributed by atoms with Crippen LogP contribution in [0.25, 0.3) is 0 Å². The number of hydrogen-bond donors (Lipinski definition) is 0. The van der Waals surface area contributed by atoms with Gasteiger partial charge in [-0.3, -0.25) is 24.1 Å². The molecule has 9 heteroatoms. The van der Waals surface area contributed by atoms with Crippen LogP contribution in [0.1, 0.15) is 34.1 Å². The van der Waals surface area contributed by atoms with Gasteiger partial charge in [-0.15, -0.1) is 0 Å². The number of benzene rings is 1. The molecule has 0 saturated heterocycles. The average Bonchev–Trinajstić information content (AvgIpc) is 2.88. The molecule has 2 atom stereocenters. The Morgan fingerprint density at radius 2 is 1.50 bits per heavy atom. The second kappa shape index (κ2) is 8.13. The Bertz CT molecular complexity index is 741. The van der Waals surface area contributed by atoms with E-state index in [2.05, 4.69) is 4.74 Å². The van der Waals surface area contributed by atoms with Gasteiger partial charge in [-0.1, -0.05) is 23.9 Å². The summed E-state index contributed by atoms with van der Waals surface area (Å²) < 4.78 is 9.36.